The highest BCUT2D eigenvalue weighted by atomic mass is 16.2. The molecule has 0 radical (unpaired) electrons. The number of nitrogens with zero attached hydrogens (tertiary/aromatic N) is 3. The zero-order valence-electron chi connectivity index (χ0n) is 22.0. The van der Waals surface area contributed by atoms with Crippen LogP contribution in [-0.4, -0.2) is 10.5 Å². The van der Waals surface area contributed by atoms with Gasteiger partial charge in [0.1, 0.15) is 0 Å². The van der Waals surface area contributed by atoms with E-state index in [1.54, 1.807) is 0 Å². The quantitative estimate of drug-likeness (QED) is 0.172. The Bertz CT molecular complexity index is 2330. The zero-order chi connectivity index (χ0) is 27.1. The average Bonchev–Trinajstić information content (AvgIpc) is 3.37. The highest BCUT2D eigenvalue weighted by Crippen LogP contribution is 2.38. The lowest BCUT2D eigenvalue weighted by Gasteiger charge is -2.17. The van der Waals surface area contributed by atoms with Gasteiger partial charge in [-0.05, 0) is 24.3 Å². The van der Waals surface area contributed by atoms with Crippen LogP contribution in [0.1, 0.15) is 10.4 Å². The van der Waals surface area contributed by atoms with Crippen LogP contribution in [0.4, 0.5) is 0 Å². The van der Waals surface area contributed by atoms with Gasteiger partial charge < -0.3 is 4.57 Å². The first kappa shape index (κ1) is 22.2. The van der Waals surface area contributed by atoms with E-state index in [1.165, 1.54) is 10.8 Å². The van der Waals surface area contributed by atoms with Crippen molar-refractivity contribution in [2.75, 3.05) is 0 Å². The number of carbonyl (C=O) groups is 1. The van der Waals surface area contributed by atoms with Crippen LogP contribution in [0.3, 0.4) is 0 Å². The van der Waals surface area contributed by atoms with Crippen LogP contribution < -0.4 is 9.13 Å². The molecule has 0 amide bonds. The molecule has 8 aromatic rings. The Morgan fingerprint density at radius 2 is 1.02 bits per heavy atom. The predicted octanol–water partition coefficient (Wildman–Crippen LogP) is 7.32. The van der Waals surface area contributed by atoms with Crippen molar-refractivity contribution in [1.29, 1.82) is 0 Å². The van der Waals surface area contributed by atoms with Gasteiger partial charge >= 0.3 is 5.91 Å². The van der Waals surface area contributed by atoms with Crippen LogP contribution in [0.25, 0.3) is 66.4 Å². The van der Waals surface area contributed by atoms with E-state index < -0.39 is 0 Å². The third kappa shape index (κ3) is 2.96. The molecule has 190 valence electrons. The van der Waals surface area contributed by atoms with Crippen LogP contribution in [0, 0.1) is 0 Å². The van der Waals surface area contributed by atoms with Crippen LogP contribution in [0.2, 0.25) is 0 Å². The van der Waals surface area contributed by atoms with Crippen molar-refractivity contribution in [2.45, 2.75) is 0 Å². The standard InChI is InChI=1S/C37H23N3O/c41-37-29-17-5-4-14-26(29)30-22-25(39-31-18-8-6-15-27(31)28-16-7-9-19-32(28)39)23-35-36(30)40(37)34-21-11-10-20-33(34)38(35)24-12-2-1-3-13-24/h1-23H/q+2. The smallest absolute Gasteiger partial charge is 0.309 e. The van der Waals surface area contributed by atoms with E-state index in [4.69, 9.17) is 0 Å². The van der Waals surface area contributed by atoms with Gasteiger partial charge in [-0.25, -0.2) is 4.79 Å². The molecular formula is C37H23N3O+2. The Labute approximate surface area is 235 Å². The maximum atomic E-state index is 14.2. The lowest BCUT2D eigenvalue weighted by Crippen LogP contribution is -2.51. The van der Waals surface area contributed by atoms with Gasteiger partial charge in [0.05, 0.1) is 27.8 Å². The Kier molecular flexibility index (Phi) is 4.44. The van der Waals surface area contributed by atoms with Crippen molar-refractivity contribution in [2.24, 2.45) is 0 Å². The molecule has 0 fully saturated rings. The normalized spacial score (nSPS) is 12.4. The summed E-state index contributed by atoms with van der Waals surface area (Å²) in [6.07, 6.45) is 0. The summed E-state index contributed by atoms with van der Waals surface area (Å²) in [5.41, 5.74) is 10.9. The van der Waals surface area contributed by atoms with Crippen molar-refractivity contribution in [3.63, 3.8) is 0 Å². The summed E-state index contributed by atoms with van der Waals surface area (Å²) >= 11 is 0. The zero-order valence-corrected chi connectivity index (χ0v) is 22.0. The number of fused-ring (bicyclic) bond motifs is 7. The lowest BCUT2D eigenvalue weighted by molar-refractivity contribution is -0.570. The van der Waals surface area contributed by atoms with Crippen molar-refractivity contribution in [1.82, 2.24) is 4.57 Å². The molecule has 1 aliphatic rings. The van der Waals surface area contributed by atoms with Crippen LogP contribution >= 0.6 is 0 Å². The highest BCUT2D eigenvalue weighted by Gasteiger charge is 2.41. The fourth-order valence-electron chi connectivity index (χ4n) is 6.73. The van der Waals surface area contributed by atoms with Crippen LogP contribution in [0.15, 0.2) is 140 Å². The van der Waals surface area contributed by atoms with Crippen molar-refractivity contribution >= 4 is 49.8 Å². The van der Waals surface area contributed by atoms with Gasteiger partial charge in [0.25, 0.3) is 22.1 Å². The largest absolute Gasteiger partial charge is 0.426 e. The molecule has 0 saturated carbocycles. The third-order valence-electron chi connectivity index (χ3n) is 8.41. The minimum absolute atomic E-state index is 0.000810. The van der Waals surface area contributed by atoms with Gasteiger partial charge in [-0.1, -0.05) is 84.9 Å². The summed E-state index contributed by atoms with van der Waals surface area (Å²) in [5, 5.41) is 2.44. The van der Waals surface area contributed by atoms with Gasteiger partial charge in [0.2, 0.25) is 5.69 Å². The lowest BCUT2D eigenvalue weighted by atomic mass is 9.93. The Hall–Kier alpha value is -5.61. The molecule has 3 heterocycles. The minimum Gasteiger partial charge on any atom is -0.309 e. The molecule has 0 unspecified atom stereocenters. The van der Waals surface area contributed by atoms with Crippen molar-refractivity contribution in [3.05, 3.63) is 145 Å². The summed E-state index contributed by atoms with van der Waals surface area (Å²) in [6.45, 7) is 0. The topological polar surface area (TPSA) is 29.8 Å². The fourth-order valence-corrected chi connectivity index (χ4v) is 6.73. The summed E-state index contributed by atoms with van der Waals surface area (Å²) in [7, 11) is 0. The number of rotatable bonds is 2. The van der Waals surface area contributed by atoms with Crippen molar-refractivity contribution < 1.29 is 13.9 Å². The summed E-state index contributed by atoms with van der Waals surface area (Å²) in [4.78, 5) is 14.2. The van der Waals surface area contributed by atoms with E-state index in [0.717, 1.165) is 55.6 Å². The third-order valence-corrected chi connectivity index (χ3v) is 8.41. The summed E-state index contributed by atoms with van der Waals surface area (Å²) < 4.78 is 6.56. The monoisotopic (exact) mass is 525 g/mol. The first-order valence-corrected chi connectivity index (χ1v) is 13.8. The maximum Gasteiger partial charge on any atom is 0.426 e. The predicted molar refractivity (Wildman–Crippen MR) is 163 cm³/mol. The summed E-state index contributed by atoms with van der Waals surface area (Å²) in [5.74, 6) is -0.000810. The second kappa shape index (κ2) is 8.20. The first-order valence-electron chi connectivity index (χ1n) is 13.8. The second-order valence-electron chi connectivity index (χ2n) is 10.6. The van der Waals surface area contributed by atoms with E-state index in [1.807, 2.05) is 47.0 Å². The molecule has 0 N–H and O–H groups in total. The van der Waals surface area contributed by atoms with E-state index in [9.17, 15) is 4.79 Å². The SMILES string of the molecule is O=C1c2ccccc2-c2cc(-n3c4ccccc4c4ccccc43)cc3c2[n+]1c1ccccc1[n+]3-c1ccccc1. The minimum atomic E-state index is -0.000810. The Morgan fingerprint density at radius 1 is 0.463 bits per heavy atom. The molecule has 4 heteroatoms. The molecule has 6 aromatic carbocycles. The molecule has 0 atom stereocenters. The number of hydrogen-bond acceptors (Lipinski definition) is 1. The molecule has 1 aliphatic heterocycles. The first-order chi connectivity index (χ1) is 20.3. The molecule has 0 bridgehead atoms. The van der Waals surface area contributed by atoms with Gasteiger partial charge in [-0.15, -0.1) is 9.13 Å². The molecule has 41 heavy (non-hydrogen) atoms. The maximum absolute atomic E-state index is 14.2. The molecular weight excluding hydrogens is 502 g/mol. The van der Waals surface area contributed by atoms with Gasteiger partial charge in [-0.2, -0.15) is 0 Å². The fraction of sp³-hybridized carbons (Fsp3) is 0. The van der Waals surface area contributed by atoms with E-state index in [-0.39, 0.29) is 5.91 Å². The number of carbonyl (C=O) groups excluding carboxylic acids is 1. The Morgan fingerprint density at radius 3 is 1.73 bits per heavy atom. The molecule has 4 nitrogen and oxygen atoms in total. The van der Waals surface area contributed by atoms with Gasteiger partial charge in [0.15, 0.2) is 0 Å². The Balaban J connectivity index is 1.54. The van der Waals surface area contributed by atoms with Gasteiger partial charge in [-0.3, -0.25) is 0 Å². The van der Waals surface area contributed by atoms with Crippen molar-refractivity contribution in [3.8, 4) is 22.5 Å². The van der Waals surface area contributed by atoms with E-state index in [2.05, 4.69) is 106 Å². The summed E-state index contributed by atoms with van der Waals surface area (Å²) in [6, 6.07) is 48.3. The molecule has 0 saturated heterocycles. The average molecular weight is 526 g/mol. The number of hydrogen-bond donors (Lipinski definition) is 0. The molecule has 0 spiro atoms. The van der Waals surface area contributed by atoms with E-state index >= 15 is 0 Å². The highest BCUT2D eigenvalue weighted by molar-refractivity contribution is 6.11. The van der Waals surface area contributed by atoms with Crippen LogP contribution in [-0.2, 0) is 0 Å². The molecule has 2 aromatic heterocycles. The van der Waals surface area contributed by atoms with Crippen LogP contribution in [0.5, 0.6) is 0 Å². The second-order valence-corrected chi connectivity index (χ2v) is 10.6. The van der Waals surface area contributed by atoms with E-state index in [0.29, 0.717) is 5.56 Å². The number of para-hydroxylation sites is 5. The number of aromatic nitrogens is 3. The van der Waals surface area contributed by atoms with Gasteiger partial charge in [0, 0.05) is 46.7 Å². The number of benzene rings is 6. The molecule has 0 aliphatic carbocycles. The molecule has 9 rings (SSSR count).